The Bertz CT molecular complexity index is 1180. The van der Waals surface area contributed by atoms with Crippen molar-refractivity contribution < 1.29 is 19.1 Å². The summed E-state index contributed by atoms with van der Waals surface area (Å²) in [6.07, 6.45) is 0. The Morgan fingerprint density at radius 2 is 1.24 bits per heavy atom. The summed E-state index contributed by atoms with van der Waals surface area (Å²) < 4.78 is 11.5. The summed E-state index contributed by atoms with van der Waals surface area (Å²) in [6, 6.07) is 19.1. The van der Waals surface area contributed by atoms with Gasteiger partial charge in [-0.25, -0.2) is 0 Å². The highest BCUT2D eigenvalue weighted by molar-refractivity contribution is 6.31. The second-order valence-electron chi connectivity index (χ2n) is 8.61. The average Bonchev–Trinajstić information content (AvgIpc) is 2.76. The maximum atomic E-state index is 12.4. The molecule has 0 saturated heterocycles. The third-order valence-electron chi connectivity index (χ3n) is 4.74. The quantitative estimate of drug-likeness (QED) is 0.379. The minimum atomic E-state index is -0.355. The van der Waals surface area contributed by atoms with Crippen LogP contribution in [0.3, 0.4) is 0 Å². The normalized spacial score (nSPS) is 11.0. The Kier molecular flexibility index (Phi) is 8.42. The van der Waals surface area contributed by atoms with Crippen LogP contribution >= 0.6 is 23.2 Å². The molecule has 0 fully saturated rings. The monoisotopic (exact) mass is 500 g/mol. The van der Waals surface area contributed by atoms with E-state index < -0.39 is 0 Å². The van der Waals surface area contributed by atoms with Gasteiger partial charge in [-0.2, -0.15) is 0 Å². The van der Waals surface area contributed by atoms with Crippen molar-refractivity contribution in [2.24, 2.45) is 0 Å². The summed E-state index contributed by atoms with van der Waals surface area (Å²) in [4.78, 5) is 24.7. The van der Waals surface area contributed by atoms with Gasteiger partial charge in [-0.15, -0.1) is 0 Å². The van der Waals surface area contributed by atoms with Crippen molar-refractivity contribution in [3.8, 4) is 11.5 Å². The van der Waals surface area contributed by atoms with Crippen LogP contribution in [-0.4, -0.2) is 25.0 Å². The summed E-state index contributed by atoms with van der Waals surface area (Å²) in [5, 5.41) is 6.50. The third kappa shape index (κ3) is 7.68. The molecule has 0 spiro atoms. The number of hydrogen-bond donors (Lipinski definition) is 2. The molecule has 2 amide bonds. The fourth-order valence-corrected chi connectivity index (χ4v) is 3.40. The number of carbonyl (C=O) groups excluding carboxylic acids is 2. The van der Waals surface area contributed by atoms with Gasteiger partial charge in [0.15, 0.2) is 24.7 Å². The molecule has 34 heavy (non-hydrogen) atoms. The number of amides is 2. The summed E-state index contributed by atoms with van der Waals surface area (Å²) in [5.74, 6) is 0.00826. The van der Waals surface area contributed by atoms with E-state index in [1.54, 1.807) is 54.6 Å². The molecule has 0 aliphatic heterocycles. The van der Waals surface area contributed by atoms with E-state index in [0.717, 1.165) is 5.56 Å². The molecule has 0 unspecified atom stereocenters. The second-order valence-corrected chi connectivity index (χ2v) is 9.48. The van der Waals surface area contributed by atoms with Gasteiger partial charge in [0.05, 0.1) is 0 Å². The highest BCUT2D eigenvalue weighted by Gasteiger charge is 2.18. The standard InChI is InChI=1S/C26H26Cl2N2O4/c1-26(2,3)17-10-11-22(33-15-24(31)29-20-8-4-6-18(27)13-20)23(12-17)34-16-25(32)30-21-9-5-7-19(28)14-21/h4-14H,15-16H2,1-3H3,(H,29,31)(H,30,32). The van der Waals surface area contributed by atoms with Crippen LogP contribution in [0.4, 0.5) is 11.4 Å². The maximum Gasteiger partial charge on any atom is 0.262 e. The molecular weight excluding hydrogens is 475 g/mol. The van der Waals surface area contributed by atoms with E-state index in [0.29, 0.717) is 32.9 Å². The van der Waals surface area contributed by atoms with E-state index >= 15 is 0 Å². The molecule has 178 valence electrons. The maximum absolute atomic E-state index is 12.4. The van der Waals surface area contributed by atoms with Crippen LogP contribution in [0.15, 0.2) is 66.7 Å². The molecule has 0 atom stereocenters. The summed E-state index contributed by atoms with van der Waals surface area (Å²) in [7, 11) is 0. The van der Waals surface area contributed by atoms with Gasteiger partial charge in [-0.3, -0.25) is 9.59 Å². The molecule has 6 nitrogen and oxygen atoms in total. The molecule has 3 rings (SSSR count). The number of ether oxygens (including phenoxy) is 2. The molecule has 0 aliphatic rings. The Morgan fingerprint density at radius 1 is 0.735 bits per heavy atom. The lowest BCUT2D eigenvalue weighted by atomic mass is 9.87. The number of halogens is 2. The minimum Gasteiger partial charge on any atom is -0.480 e. The minimum absolute atomic E-state index is 0.149. The lowest BCUT2D eigenvalue weighted by Gasteiger charge is -2.21. The first kappa shape index (κ1) is 25.4. The second kappa shape index (κ2) is 11.3. The molecule has 0 radical (unpaired) electrons. The topological polar surface area (TPSA) is 76.7 Å². The predicted octanol–water partition coefficient (Wildman–Crippen LogP) is 6.33. The van der Waals surface area contributed by atoms with Crippen LogP contribution in [-0.2, 0) is 15.0 Å². The average molecular weight is 501 g/mol. The van der Waals surface area contributed by atoms with Gasteiger partial charge in [-0.1, -0.05) is 62.2 Å². The molecule has 0 saturated carbocycles. The van der Waals surface area contributed by atoms with Gasteiger partial charge in [0.1, 0.15) is 0 Å². The summed E-state index contributed by atoms with van der Waals surface area (Å²) >= 11 is 11.9. The van der Waals surface area contributed by atoms with Crippen molar-refractivity contribution in [2.45, 2.75) is 26.2 Å². The molecule has 0 bridgehead atoms. The molecule has 3 aromatic rings. The number of anilines is 2. The fourth-order valence-electron chi connectivity index (χ4n) is 3.02. The van der Waals surface area contributed by atoms with Crippen molar-refractivity contribution in [1.82, 2.24) is 0 Å². The molecule has 0 heterocycles. The molecule has 0 aromatic heterocycles. The van der Waals surface area contributed by atoms with Crippen molar-refractivity contribution in [2.75, 3.05) is 23.8 Å². The Labute approximate surface area is 209 Å². The van der Waals surface area contributed by atoms with Crippen molar-refractivity contribution in [1.29, 1.82) is 0 Å². The van der Waals surface area contributed by atoms with Gasteiger partial charge in [0, 0.05) is 21.4 Å². The zero-order valence-electron chi connectivity index (χ0n) is 19.2. The number of carbonyl (C=O) groups is 2. The number of rotatable bonds is 8. The first-order valence-corrected chi connectivity index (χ1v) is 11.4. The largest absolute Gasteiger partial charge is 0.480 e. The first-order valence-electron chi connectivity index (χ1n) is 10.6. The predicted molar refractivity (Wildman–Crippen MR) is 136 cm³/mol. The SMILES string of the molecule is CC(C)(C)c1ccc(OCC(=O)Nc2cccc(Cl)c2)c(OCC(=O)Nc2cccc(Cl)c2)c1. The number of benzene rings is 3. The Morgan fingerprint density at radius 3 is 1.71 bits per heavy atom. The van der Waals surface area contributed by atoms with E-state index in [1.165, 1.54) is 0 Å². The Balaban J connectivity index is 1.67. The van der Waals surface area contributed by atoms with Crippen LogP contribution in [0.25, 0.3) is 0 Å². The Hall–Kier alpha value is -3.22. The van der Waals surface area contributed by atoms with E-state index in [9.17, 15) is 9.59 Å². The molecule has 2 N–H and O–H groups in total. The van der Waals surface area contributed by atoms with Gasteiger partial charge in [0.25, 0.3) is 11.8 Å². The third-order valence-corrected chi connectivity index (χ3v) is 5.21. The van der Waals surface area contributed by atoms with Crippen LogP contribution < -0.4 is 20.1 Å². The van der Waals surface area contributed by atoms with Crippen LogP contribution in [0, 0.1) is 0 Å². The zero-order valence-corrected chi connectivity index (χ0v) is 20.7. The van der Waals surface area contributed by atoms with E-state index in [4.69, 9.17) is 32.7 Å². The highest BCUT2D eigenvalue weighted by atomic mass is 35.5. The zero-order chi connectivity index (χ0) is 24.7. The summed E-state index contributed by atoms with van der Waals surface area (Å²) in [5.41, 5.74) is 1.98. The number of nitrogens with one attached hydrogen (secondary N) is 2. The van der Waals surface area contributed by atoms with Crippen molar-refractivity contribution >= 4 is 46.4 Å². The first-order chi connectivity index (χ1) is 16.1. The van der Waals surface area contributed by atoms with Crippen LogP contribution in [0.2, 0.25) is 10.0 Å². The molecule has 8 heteroatoms. The van der Waals surface area contributed by atoms with E-state index in [1.807, 2.05) is 12.1 Å². The van der Waals surface area contributed by atoms with Gasteiger partial charge in [-0.05, 0) is 59.5 Å². The lowest BCUT2D eigenvalue weighted by Crippen LogP contribution is -2.22. The molecule has 0 aliphatic carbocycles. The van der Waals surface area contributed by atoms with Gasteiger partial charge in [0.2, 0.25) is 0 Å². The van der Waals surface area contributed by atoms with Crippen LogP contribution in [0.1, 0.15) is 26.3 Å². The van der Waals surface area contributed by atoms with Crippen molar-refractivity contribution in [3.05, 3.63) is 82.3 Å². The van der Waals surface area contributed by atoms with Gasteiger partial charge >= 0.3 is 0 Å². The fraction of sp³-hybridized carbons (Fsp3) is 0.231. The van der Waals surface area contributed by atoms with E-state index in [-0.39, 0.29) is 30.4 Å². The van der Waals surface area contributed by atoms with Gasteiger partial charge < -0.3 is 20.1 Å². The summed E-state index contributed by atoms with van der Waals surface area (Å²) in [6.45, 7) is 5.71. The highest BCUT2D eigenvalue weighted by Crippen LogP contribution is 2.33. The van der Waals surface area contributed by atoms with Crippen LogP contribution in [0.5, 0.6) is 11.5 Å². The lowest BCUT2D eigenvalue weighted by molar-refractivity contribution is -0.119. The van der Waals surface area contributed by atoms with Crippen molar-refractivity contribution in [3.63, 3.8) is 0 Å². The number of hydrogen-bond acceptors (Lipinski definition) is 4. The molecule has 3 aromatic carbocycles. The van der Waals surface area contributed by atoms with E-state index in [2.05, 4.69) is 31.4 Å². The smallest absolute Gasteiger partial charge is 0.262 e. The molecular formula is C26H26Cl2N2O4.